The van der Waals surface area contributed by atoms with Gasteiger partial charge in [-0.25, -0.2) is 0 Å². The van der Waals surface area contributed by atoms with E-state index < -0.39 is 5.97 Å². The highest BCUT2D eigenvalue weighted by Crippen LogP contribution is 2.11. The standard InChI is InChI=1S/C18H34O2/c1-2-3-4-5-6-7-8-9-10-11-12-13-14-15-16-17-18(19)20/h5-6H,2-4,7-17H2,1H3,(H,19,20)/p-1/b6-5-. The highest BCUT2D eigenvalue weighted by Gasteiger charge is 1.93. The van der Waals surface area contributed by atoms with Gasteiger partial charge >= 0.3 is 0 Å². The van der Waals surface area contributed by atoms with Gasteiger partial charge in [-0.15, -0.1) is 0 Å². The van der Waals surface area contributed by atoms with Crippen LogP contribution in [0.4, 0.5) is 0 Å². The van der Waals surface area contributed by atoms with Gasteiger partial charge in [-0.2, -0.15) is 0 Å². The van der Waals surface area contributed by atoms with Gasteiger partial charge in [-0.1, -0.05) is 76.9 Å². The van der Waals surface area contributed by atoms with Crippen LogP contribution in [0.5, 0.6) is 0 Å². The van der Waals surface area contributed by atoms with Gasteiger partial charge in [0.1, 0.15) is 0 Å². The van der Waals surface area contributed by atoms with Crippen LogP contribution in [0.25, 0.3) is 0 Å². The van der Waals surface area contributed by atoms with E-state index in [1.807, 2.05) is 0 Å². The molecule has 0 aromatic rings. The van der Waals surface area contributed by atoms with Gasteiger partial charge in [0.25, 0.3) is 0 Å². The van der Waals surface area contributed by atoms with Crippen molar-refractivity contribution in [2.45, 2.75) is 96.8 Å². The first-order valence-corrected chi connectivity index (χ1v) is 8.62. The highest BCUT2D eigenvalue weighted by atomic mass is 16.4. The second kappa shape index (κ2) is 16.3. The number of allylic oxidation sites excluding steroid dienone is 2. The maximum absolute atomic E-state index is 10.2. The number of aliphatic carboxylic acids is 1. The Labute approximate surface area is 125 Å². The molecule has 0 rings (SSSR count). The predicted octanol–water partition coefficient (Wildman–Crippen LogP) is 4.77. The summed E-state index contributed by atoms with van der Waals surface area (Å²) in [6.45, 7) is 2.23. The van der Waals surface area contributed by atoms with Crippen molar-refractivity contribution in [1.29, 1.82) is 0 Å². The Hall–Kier alpha value is -0.790. The van der Waals surface area contributed by atoms with Crippen LogP contribution < -0.4 is 5.11 Å². The number of rotatable bonds is 15. The molecular weight excluding hydrogens is 248 g/mol. The number of carboxylic acid groups (broad SMARTS) is 1. The fourth-order valence-corrected chi connectivity index (χ4v) is 2.33. The summed E-state index contributed by atoms with van der Waals surface area (Å²) in [6, 6.07) is 0. The molecule has 0 aromatic heterocycles. The Bertz CT molecular complexity index is 234. The van der Waals surface area contributed by atoms with Crippen molar-refractivity contribution in [3.8, 4) is 0 Å². The van der Waals surface area contributed by atoms with Crippen LogP contribution in [-0.4, -0.2) is 5.97 Å². The average Bonchev–Trinajstić information content (AvgIpc) is 2.43. The quantitative estimate of drug-likeness (QED) is 0.320. The van der Waals surface area contributed by atoms with E-state index in [1.54, 1.807) is 0 Å². The number of carboxylic acids is 1. The lowest BCUT2D eigenvalue weighted by atomic mass is 10.1. The third-order valence-corrected chi connectivity index (χ3v) is 3.64. The molecule has 0 atom stereocenters. The molecule has 0 amide bonds. The zero-order valence-corrected chi connectivity index (χ0v) is 13.4. The molecule has 2 nitrogen and oxygen atoms in total. The lowest BCUT2D eigenvalue weighted by Gasteiger charge is -2.03. The number of carbonyl (C=O) groups excluding carboxylic acids is 1. The minimum atomic E-state index is -0.909. The van der Waals surface area contributed by atoms with E-state index in [1.165, 1.54) is 70.6 Å². The molecule has 0 aliphatic heterocycles. The lowest BCUT2D eigenvalue weighted by Crippen LogP contribution is -2.21. The summed E-state index contributed by atoms with van der Waals surface area (Å²) in [6.07, 6.45) is 20.9. The summed E-state index contributed by atoms with van der Waals surface area (Å²) < 4.78 is 0. The average molecular weight is 281 g/mol. The molecule has 0 heterocycles. The number of hydrogen-bond donors (Lipinski definition) is 0. The first kappa shape index (κ1) is 19.2. The van der Waals surface area contributed by atoms with Crippen LogP contribution in [0.15, 0.2) is 12.2 Å². The van der Waals surface area contributed by atoms with Crippen molar-refractivity contribution in [3.05, 3.63) is 12.2 Å². The molecule has 0 saturated heterocycles. The molecule has 0 aliphatic rings. The van der Waals surface area contributed by atoms with Crippen molar-refractivity contribution < 1.29 is 9.90 Å². The zero-order valence-electron chi connectivity index (χ0n) is 13.4. The minimum absolute atomic E-state index is 0.228. The zero-order chi connectivity index (χ0) is 14.9. The Balaban J connectivity index is 3.02. The van der Waals surface area contributed by atoms with Gasteiger partial charge in [-0.3, -0.25) is 0 Å². The third-order valence-electron chi connectivity index (χ3n) is 3.64. The van der Waals surface area contributed by atoms with E-state index in [2.05, 4.69) is 19.1 Å². The van der Waals surface area contributed by atoms with E-state index >= 15 is 0 Å². The molecule has 0 bridgehead atoms. The molecule has 0 spiro atoms. The topological polar surface area (TPSA) is 40.1 Å². The Morgan fingerprint density at radius 2 is 1.20 bits per heavy atom. The monoisotopic (exact) mass is 281 g/mol. The summed E-state index contributed by atoms with van der Waals surface area (Å²) in [5.74, 6) is -0.909. The summed E-state index contributed by atoms with van der Waals surface area (Å²) >= 11 is 0. The van der Waals surface area contributed by atoms with Gasteiger partial charge < -0.3 is 9.90 Å². The summed E-state index contributed by atoms with van der Waals surface area (Å²) in [7, 11) is 0. The molecule has 0 aromatic carbocycles. The molecule has 20 heavy (non-hydrogen) atoms. The number of carbonyl (C=O) groups is 1. The Morgan fingerprint density at radius 1 is 0.750 bits per heavy atom. The van der Waals surface area contributed by atoms with E-state index in [9.17, 15) is 9.90 Å². The summed E-state index contributed by atoms with van der Waals surface area (Å²) in [5.41, 5.74) is 0. The molecular formula is C18H33O2-. The first-order chi connectivity index (χ1) is 9.77. The van der Waals surface area contributed by atoms with E-state index in [0.717, 1.165) is 12.8 Å². The summed E-state index contributed by atoms with van der Waals surface area (Å²) in [4.78, 5) is 10.2. The number of hydrogen-bond acceptors (Lipinski definition) is 2. The van der Waals surface area contributed by atoms with Gasteiger partial charge in [0.05, 0.1) is 0 Å². The van der Waals surface area contributed by atoms with Crippen LogP contribution >= 0.6 is 0 Å². The van der Waals surface area contributed by atoms with Crippen molar-refractivity contribution in [3.63, 3.8) is 0 Å². The molecule has 0 N–H and O–H groups in total. The van der Waals surface area contributed by atoms with Crippen LogP contribution in [0.3, 0.4) is 0 Å². The normalized spacial score (nSPS) is 11.2. The molecule has 2 heteroatoms. The number of unbranched alkanes of at least 4 members (excludes halogenated alkanes) is 11. The van der Waals surface area contributed by atoms with Crippen LogP contribution in [-0.2, 0) is 4.79 Å². The molecule has 0 fully saturated rings. The molecule has 0 radical (unpaired) electrons. The van der Waals surface area contributed by atoms with Crippen LogP contribution in [0.1, 0.15) is 96.8 Å². The SMILES string of the molecule is CCCC/C=C\CCCCCCCCCCCC(=O)[O-]. The first-order valence-electron chi connectivity index (χ1n) is 8.62. The van der Waals surface area contributed by atoms with Crippen molar-refractivity contribution in [2.24, 2.45) is 0 Å². The van der Waals surface area contributed by atoms with Crippen LogP contribution in [0, 0.1) is 0 Å². The van der Waals surface area contributed by atoms with Crippen molar-refractivity contribution >= 4 is 5.97 Å². The smallest absolute Gasteiger partial charge is 0.0414 e. The van der Waals surface area contributed by atoms with Gasteiger partial charge in [0.15, 0.2) is 0 Å². The van der Waals surface area contributed by atoms with Crippen molar-refractivity contribution in [1.82, 2.24) is 0 Å². The molecule has 118 valence electrons. The second-order valence-electron chi connectivity index (χ2n) is 5.71. The molecule has 0 saturated carbocycles. The molecule has 0 aliphatic carbocycles. The van der Waals surface area contributed by atoms with E-state index in [-0.39, 0.29) is 6.42 Å². The fraction of sp³-hybridized carbons (Fsp3) is 0.833. The Morgan fingerprint density at radius 3 is 1.70 bits per heavy atom. The highest BCUT2D eigenvalue weighted by molar-refractivity contribution is 5.63. The fourth-order valence-electron chi connectivity index (χ4n) is 2.33. The maximum atomic E-state index is 10.2. The van der Waals surface area contributed by atoms with Gasteiger partial charge in [0.2, 0.25) is 0 Å². The van der Waals surface area contributed by atoms with E-state index in [0.29, 0.717) is 0 Å². The largest absolute Gasteiger partial charge is 0.550 e. The van der Waals surface area contributed by atoms with Gasteiger partial charge in [-0.05, 0) is 32.1 Å². The second-order valence-corrected chi connectivity index (χ2v) is 5.71. The third kappa shape index (κ3) is 17.2. The predicted molar refractivity (Wildman–Crippen MR) is 84.5 cm³/mol. The van der Waals surface area contributed by atoms with Gasteiger partial charge in [0, 0.05) is 5.97 Å². The van der Waals surface area contributed by atoms with E-state index in [4.69, 9.17) is 0 Å². The lowest BCUT2D eigenvalue weighted by molar-refractivity contribution is -0.305. The Kier molecular flexibility index (Phi) is 15.6. The maximum Gasteiger partial charge on any atom is 0.0414 e. The van der Waals surface area contributed by atoms with Crippen molar-refractivity contribution in [2.75, 3.05) is 0 Å². The summed E-state index contributed by atoms with van der Waals surface area (Å²) in [5, 5.41) is 10.2. The molecule has 0 unspecified atom stereocenters. The van der Waals surface area contributed by atoms with Crippen LogP contribution in [0.2, 0.25) is 0 Å². The minimum Gasteiger partial charge on any atom is -0.550 e.